The quantitative estimate of drug-likeness (QED) is 0.125. The van der Waals surface area contributed by atoms with Crippen LogP contribution < -0.4 is 5.32 Å². The standard InChI is InChI=1S/C11H20NO12P/c1-4(13)12-8(5(14)2-6(15)11(19)20)10(18)9(17)7(16)3-24-25(21,22)23/h5,7-10,14,16-18H,2-3H2,1H3,(H,12,13)(H,19,20)(H2,21,22,23)/t5-,7+,8-,9+,10+/m0/s1. The summed E-state index contributed by atoms with van der Waals surface area (Å²) < 4.78 is 14.5. The third kappa shape index (κ3) is 9.00. The molecule has 1 amide bonds. The van der Waals surface area contributed by atoms with Crippen LogP contribution in [0.4, 0.5) is 0 Å². The van der Waals surface area contributed by atoms with Gasteiger partial charge in [-0.3, -0.25) is 14.1 Å². The molecule has 0 radical (unpaired) electrons. The topological polar surface area (TPSA) is 231 Å². The molecule has 146 valence electrons. The second-order valence-electron chi connectivity index (χ2n) is 5.06. The minimum atomic E-state index is -4.97. The summed E-state index contributed by atoms with van der Waals surface area (Å²) in [5, 5.41) is 49.6. The first-order valence-corrected chi connectivity index (χ1v) is 8.24. The molecule has 8 N–H and O–H groups in total. The zero-order chi connectivity index (χ0) is 19.9. The highest BCUT2D eigenvalue weighted by atomic mass is 31.2. The Labute approximate surface area is 141 Å². The van der Waals surface area contributed by atoms with E-state index in [0.717, 1.165) is 6.92 Å². The molecule has 0 rings (SSSR count). The van der Waals surface area contributed by atoms with Crippen LogP contribution in [0.1, 0.15) is 13.3 Å². The van der Waals surface area contributed by atoms with Gasteiger partial charge in [0.2, 0.25) is 11.7 Å². The lowest BCUT2D eigenvalue weighted by molar-refractivity contribution is -0.151. The molecule has 14 heteroatoms. The van der Waals surface area contributed by atoms with E-state index < -0.39 is 69.0 Å². The van der Waals surface area contributed by atoms with E-state index in [9.17, 15) is 39.4 Å². The van der Waals surface area contributed by atoms with Gasteiger partial charge in [-0.05, 0) is 0 Å². The molecule has 0 aromatic heterocycles. The van der Waals surface area contributed by atoms with Crippen LogP contribution in [0.2, 0.25) is 0 Å². The van der Waals surface area contributed by atoms with Crippen molar-refractivity contribution < 1.29 is 58.8 Å². The molecular formula is C11H20NO12P. The Kier molecular flexibility index (Phi) is 9.32. The number of phosphoric ester groups is 1. The third-order valence-electron chi connectivity index (χ3n) is 2.94. The van der Waals surface area contributed by atoms with Crippen molar-refractivity contribution in [2.75, 3.05) is 6.61 Å². The summed E-state index contributed by atoms with van der Waals surface area (Å²) >= 11 is 0. The number of aliphatic hydroxyl groups excluding tert-OH is 4. The molecule has 13 nitrogen and oxygen atoms in total. The Balaban J connectivity index is 5.10. The minimum absolute atomic E-state index is 0.820. The predicted molar refractivity (Wildman–Crippen MR) is 76.9 cm³/mol. The largest absolute Gasteiger partial charge is 0.475 e. The summed E-state index contributed by atoms with van der Waals surface area (Å²) in [5.41, 5.74) is 0. The Morgan fingerprint density at radius 3 is 1.96 bits per heavy atom. The lowest BCUT2D eigenvalue weighted by Crippen LogP contribution is -2.57. The maximum Gasteiger partial charge on any atom is 0.469 e. The molecule has 0 aliphatic rings. The van der Waals surface area contributed by atoms with Gasteiger partial charge in [0.15, 0.2) is 0 Å². The van der Waals surface area contributed by atoms with Gasteiger partial charge in [0.1, 0.15) is 18.3 Å². The van der Waals surface area contributed by atoms with Crippen molar-refractivity contribution in [2.24, 2.45) is 0 Å². The zero-order valence-electron chi connectivity index (χ0n) is 12.9. The number of aliphatic hydroxyl groups is 4. The number of ketones is 1. The van der Waals surface area contributed by atoms with Gasteiger partial charge >= 0.3 is 13.8 Å². The highest BCUT2D eigenvalue weighted by Crippen LogP contribution is 2.35. The first-order valence-electron chi connectivity index (χ1n) is 6.71. The summed E-state index contributed by atoms with van der Waals surface area (Å²) in [6.07, 6.45) is -9.29. The number of hydrogen-bond acceptors (Lipinski definition) is 9. The van der Waals surface area contributed by atoms with Crippen LogP contribution in [0.25, 0.3) is 0 Å². The van der Waals surface area contributed by atoms with Gasteiger partial charge in [-0.25, -0.2) is 9.36 Å². The lowest BCUT2D eigenvalue weighted by Gasteiger charge is -2.32. The van der Waals surface area contributed by atoms with Crippen LogP contribution in [0.3, 0.4) is 0 Å². The summed E-state index contributed by atoms with van der Waals surface area (Å²) in [4.78, 5) is 49.7. The summed E-state index contributed by atoms with van der Waals surface area (Å²) in [6, 6.07) is -1.76. The molecule has 0 aromatic carbocycles. The summed E-state index contributed by atoms with van der Waals surface area (Å²) in [5.74, 6) is -4.13. The molecule has 0 aliphatic carbocycles. The number of aliphatic carboxylic acids is 1. The van der Waals surface area contributed by atoms with Crippen molar-refractivity contribution in [1.82, 2.24) is 5.32 Å². The summed E-state index contributed by atoms with van der Waals surface area (Å²) in [6.45, 7) is -0.134. The first-order chi connectivity index (χ1) is 11.3. The Bertz CT molecular complexity index is 533. The second-order valence-corrected chi connectivity index (χ2v) is 6.30. The molecule has 0 heterocycles. The highest BCUT2D eigenvalue weighted by molar-refractivity contribution is 7.46. The van der Waals surface area contributed by atoms with Crippen molar-refractivity contribution in [3.05, 3.63) is 0 Å². The Morgan fingerprint density at radius 1 is 1.04 bits per heavy atom. The van der Waals surface area contributed by atoms with Gasteiger partial charge in [-0.15, -0.1) is 0 Å². The third-order valence-corrected chi connectivity index (χ3v) is 3.43. The van der Waals surface area contributed by atoms with E-state index in [-0.39, 0.29) is 0 Å². The fourth-order valence-corrected chi connectivity index (χ4v) is 2.11. The Hall–Kier alpha value is -1.44. The van der Waals surface area contributed by atoms with Crippen LogP contribution in [0.15, 0.2) is 0 Å². The van der Waals surface area contributed by atoms with E-state index in [1.165, 1.54) is 0 Å². The van der Waals surface area contributed by atoms with Gasteiger partial charge < -0.3 is 40.6 Å². The first kappa shape index (κ1) is 23.6. The van der Waals surface area contributed by atoms with Crippen LogP contribution in [-0.4, -0.2) is 90.0 Å². The van der Waals surface area contributed by atoms with E-state index in [2.05, 4.69) is 4.52 Å². The lowest BCUT2D eigenvalue weighted by atomic mass is 9.94. The van der Waals surface area contributed by atoms with E-state index >= 15 is 0 Å². The van der Waals surface area contributed by atoms with Gasteiger partial charge in [0, 0.05) is 13.3 Å². The number of phosphoric acid groups is 1. The Morgan fingerprint density at radius 2 is 1.56 bits per heavy atom. The van der Waals surface area contributed by atoms with Gasteiger partial charge in [0.25, 0.3) is 0 Å². The van der Waals surface area contributed by atoms with Gasteiger partial charge in [-0.2, -0.15) is 0 Å². The molecule has 0 bridgehead atoms. The fraction of sp³-hybridized carbons (Fsp3) is 0.727. The number of amides is 1. The molecular weight excluding hydrogens is 369 g/mol. The average Bonchev–Trinajstić information content (AvgIpc) is 2.47. The monoisotopic (exact) mass is 389 g/mol. The molecule has 0 unspecified atom stereocenters. The molecule has 25 heavy (non-hydrogen) atoms. The molecule has 0 saturated carbocycles. The molecule has 0 aromatic rings. The van der Waals surface area contributed by atoms with Crippen molar-refractivity contribution >= 4 is 25.5 Å². The van der Waals surface area contributed by atoms with E-state index in [1.807, 2.05) is 5.32 Å². The van der Waals surface area contributed by atoms with Crippen molar-refractivity contribution in [3.63, 3.8) is 0 Å². The molecule has 0 aliphatic heterocycles. The number of hydrogen-bond donors (Lipinski definition) is 8. The maximum absolute atomic E-state index is 11.1. The number of carboxylic acid groups (broad SMARTS) is 1. The average molecular weight is 389 g/mol. The smallest absolute Gasteiger partial charge is 0.469 e. The van der Waals surface area contributed by atoms with Crippen LogP contribution in [0.5, 0.6) is 0 Å². The highest BCUT2D eigenvalue weighted by Gasteiger charge is 2.38. The maximum atomic E-state index is 11.1. The van der Waals surface area contributed by atoms with E-state index in [4.69, 9.17) is 14.9 Å². The van der Waals surface area contributed by atoms with Crippen molar-refractivity contribution in [2.45, 2.75) is 43.8 Å². The van der Waals surface area contributed by atoms with Crippen molar-refractivity contribution in [3.8, 4) is 0 Å². The van der Waals surface area contributed by atoms with E-state index in [0.29, 0.717) is 0 Å². The zero-order valence-corrected chi connectivity index (χ0v) is 13.8. The SMILES string of the molecule is CC(=O)N[C@H]([C@@H](O)[C@H](O)[C@H](O)COP(=O)(O)O)[C@@H](O)CC(=O)C(=O)O. The minimum Gasteiger partial charge on any atom is -0.475 e. The molecule has 0 spiro atoms. The normalized spacial score (nSPS) is 17.9. The number of nitrogens with one attached hydrogen (secondary N) is 1. The van der Waals surface area contributed by atoms with E-state index in [1.54, 1.807) is 0 Å². The van der Waals surface area contributed by atoms with Gasteiger partial charge in [0.05, 0.1) is 18.8 Å². The predicted octanol–water partition coefficient (Wildman–Crippen LogP) is -3.91. The molecule has 0 saturated heterocycles. The van der Waals surface area contributed by atoms with Crippen LogP contribution >= 0.6 is 7.82 Å². The van der Waals surface area contributed by atoms with Crippen molar-refractivity contribution in [1.29, 1.82) is 0 Å². The number of carboxylic acids is 1. The molecule has 5 atom stereocenters. The van der Waals surface area contributed by atoms with Gasteiger partial charge in [-0.1, -0.05) is 0 Å². The summed E-state index contributed by atoms with van der Waals surface area (Å²) in [7, 11) is -4.97. The van der Waals surface area contributed by atoms with Crippen LogP contribution in [-0.2, 0) is 23.5 Å². The second kappa shape index (κ2) is 9.89. The molecule has 0 fully saturated rings. The number of carbonyl (C=O) groups excluding carboxylic acids is 2. The number of Topliss-reactive ketones (excluding diaryl/α,β-unsaturated/α-hetero) is 1. The number of carbonyl (C=O) groups is 3. The van der Waals surface area contributed by atoms with Crippen LogP contribution in [0, 0.1) is 0 Å². The number of rotatable bonds is 11. The fourth-order valence-electron chi connectivity index (χ4n) is 1.76.